The van der Waals surface area contributed by atoms with Crippen molar-refractivity contribution in [2.24, 2.45) is 0 Å². The number of carbonyl (C=O) groups excluding carboxylic acids is 1. The Morgan fingerprint density at radius 1 is 1.59 bits per heavy atom. The first kappa shape index (κ1) is 12.4. The third-order valence-electron chi connectivity index (χ3n) is 2.90. The highest BCUT2D eigenvalue weighted by molar-refractivity contribution is 6.33. The number of rotatable bonds is 3. The van der Waals surface area contributed by atoms with Crippen LogP contribution >= 0.6 is 11.6 Å². The van der Waals surface area contributed by atoms with Gasteiger partial charge < -0.3 is 14.7 Å². The zero-order valence-electron chi connectivity index (χ0n) is 9.30. The Balaban J connectivity index is 2.37. The maximum atomic E-state index is 11.1. The van der Waals surface area contributed by atoms with Gasteiger partial charge in [-0.05, 0) is 12.1 Å². The van der Waals surface area contributed by atoms with E-state index < -0.39 is 0 Å². The van der Waals surface area contributed by atoms with Crippen LogP contribution in [0.25, 0.3) is 0 Å². The summed E-state index contributed by atoms with van der Waals surface area (Å²) in [7, 11) is 0. The molecule has 5 heteroatoms. The van der Waals surface area contributed by atoms with Crippen LogP contribution in [0.1, 0.15) is 10.4 Å². The second-order valence-electron chi connectivity index (χ2n) is 3.90. The Morgan fingerprint density at radius 3 is 3.12 bits per heavy atom. The molecule has 1 aliphatic rings. The van der Waals surface area contributed by atoms with Crippen molar-refractivity contribution >= 4 is 23.6 Å². The number of ether oxygens (including phenoxy) is 1. The summed E-state index contributed by atoms with van der Waals surface area (Å²) < 4.78 is 5.31. The van der Waals surface area contributed by atoms with Gasteiger partial charge in [0.1, 0.15) is 0 Å². The Labute approximate surface area is 105 Å². The van der Waals surface area contributed by atoms with Crippen LogP contribution in [0.15, 0.2) is 18.2 Å². The summed E-state index contributed by atoms with van der Waals surface area (Å²) >= 11 is 5.99. The van der Waals surface area contributed by atoms with Crippen LogP contribution in [0.2, 0.25) is 5.02 Å². The highest BCUT2D eigenvalue weighted by Gasteiger charge is 2.24. The van der Waals surface area contributed by atoms with E-state index in [1.165, 1.54) is 0 Å². The number of anilines is 1. The number of hydrogen-bond donors (Lipinski definition) is 1. The zero-order valence-corrected chi connectivity index (χ0v) is 10.1. The summed E-state index contributed by atoms with van der Waals surface area (Å²) in [5, 5.41) is 9.74. The average molecular weight is 256 g/mol. The minimum Gasteiger partial charge on any atom is -0.394 e. The van der Waals surface area contributed by atoms with Crippen molar-refractivity contribution in [3.63, 3.8) is 0 Å². The highest BCUT2D eigenvalue weighted by Crippen LogP contribution is 2.28. The second kappa shape index (κ2) is 5.49. The smallest absolute Gasteiger partial charge is 0.153 e. The van der Waals surface area contributed by atoms with E-state index in [2.05, 4.69) is 0 Å². The van der Waals surface area contributed by atoms with Crippen LogP contribution in [-0.2, 0) is 4.74 Å². The third-order valence-corrected chi connectivity index (χ3v) is 3.23. The number of aliphatic hydroxyl groups is 1. The Hall–Kier alpha value is -1.10. The fourth-order valence-corrected chi connectivity index (χ4v) is 2.23. The van der Waals surface area contributed by atoms with Gasteiger partial charge >= 0.3 is 0 Å². The molecule has 0 aliphatic carbocycles. The van der Waals surface area contributed by atoms with Crippen molar-refractivity contribution < 1.29 is 14.6 Å². The molecule has 1 N–H and O–H groups in total. The quantitative estimate of drug-likeness (QED) is 0.829. The summed E-state index contributed by atoms with van der Waals surface area (Å²) in [4.78, 5) is 13.1. The van der Waals surface area contributed by atoms with Gasteiger partial charge in [-0.1, -0.05) is 17.7 Å². The first-order chi connectivity index (χ1) is 8.27. The summed E-state index contributed by atoms with van der Waals surface area (Å²) in [6, 6.07) is 5.20. The molecule has 1 heterocycles. The van der Waals surface area contributed by atoms with E-state index in [-0.39, 0.29) is 12.6 Å². The molecule has 1 aliphatic heterocycles. The van der Waals surface area contributed by atoms with Crippen molar-refractivity contribution in [2.75, 3.05) is 31.3 Å². The molecule has 1 atom stereocenters. The van der Waals surface area contributed by atoms with Crippen LogP contribution < -0.4 is 4.90 Å². The molecule has 0 radical (unpaired) electrons. The molecule has 1 fully saturated rings. The number of nitrogens with zero attached hydrogens (tertiary/aromatic N) is 1. The first-order valence-electron chi connectivity index (χ1n) is 5.47. The van der Waals surface area contributed by atoms with Gasteiger partial charge in [-0.15, -0.1) is 0 Å². The molecule has 0 aromatic heterocycles. The van der Waals surface area contributed by atoms with E-state index in [9.17, 15) is 9.90 Å². The van der Waals surface area contributed by atoms with Crippen LogP contribution in [-0.4, -0.2) is 43.8 Å². The number of hydrogen-bond acceptors (Lipinski definition) is 4. The maximum Gasteiger partial charge on any atom is 0.153 e. The van der Waals surface area contributed by atoms with E-state index in [0.29, 0.717) is 30.3 Å². The lowest BCUT2D eigenvalue weighted by atomic mass is 10.1. The highest BCUT2D eigenvalue weighted by atomic mass is 35.5. The number of halogens is 1. The molecule has 0 spiro atoms. The summed E-state index contributed by atoms with van der Waals surface area (Å²) in [6.07, 6.45) is 0.752. The van der Waals surface area contributed by atoms with E-state index in [4.69, 9.17) is 16.3 Å². The van der Waals surface area contributed by atoms with Gasteiger partial charge in [0.2, 0.25) is 0 Å². The molecule has 2 rings (SSSR count). The first-order valence-corrected chi connectivity index (χ1v) is 5.84. The molecule has 1 aromatic carbocycles. The van der Waals surface area contributed by atoms with Crippen LogP contribution in [0.3, 0.4) is 0 Å². The molecule has 1 aromatic rings. The number of morpholine rings is 1. The lowest BCUT2D eigenvalue weighted by molar-refractivity contribution is 0.0725. The van der Waals surface area contributed by atoms with Gasteiger partial charge in [0.05, 0.1) is 36.4 Å². The van der Waals surface area contributed by atoms with Crippen LogP contribution in [0.5, 0.6) is 0 Å². The van der Waals surface area contributed by atoms with Gasteiger partial charge in [-0.2, -0.15) is 0 Å². The number of aliphatic hydroxyl groups excluding tert-OH is 1. The molecule has 1 unspecified atom stereocenters. The molecule has 4 nitrogen and oxygen atoms in total. The predicted molar refractivity (Wildman–Crippen MR) is 65.9 cm³/mol. The molecule has 0 saturated carbocycles. The van der Waals surface area contributed by atoms with Crippen LogP contribution in [0, 0.1) is 0 Å². The van der Waals surface area contributed by atoms with Gasteiger partial charge in [0.25, 0.3) is 0 Å². The SMILES string of the molecule is O=Cc1c(Cl)cccc1N1CCOCC1CO. The molecule has 92 valence electrons. The van der Waals surface area contributed by atoms with Crippen molar-refractivity contribution in [3.8, 4) is 0 Å². The van der Waals surface area contributed by atoms with Gasteiger partial charge in [-0.3, -0.25) is 4.79 Å². The van der Waals surface area contributed by atoms with Crippen molar-refractivity contribution in [2.45, 2.75) is 6.04 Å². The summed E-state index contributed by atoms with van der Waals surface area (Å²) in [6.45, 7) is 1.68. The van der Waals surface area contributed by atoms with Crippen molar-refractivity contribution in [1.82, 2.24) is 0 Å². The van der Waals surface area contributed by atoms with E-state index in [1.807, 2.05) is 11.0 Å². The topological polar surface area (TPSA) is 49.8 Å². The largest absolute Gasteiger partial charge is 0.394 e. The molecule has 17 heavy (non-hydrogen) atoms. The molecule has 0 amide bonds. The van der Waals surface area contributed by atoms with E-state index in [0.717, 1.165) is 12.0 Å². The fourth-order valence-electron chi connectivity index (χ4n) is 2.02. The minimum absolute atomic E-state index is 0.00912. The molecular weight excluding hydrogens is 242 g/mol. The minimum atomic E-state index is -0.124. The van der Waals surface area contributed by atoms with Crippen molar-refractivity contribution in [1.29, 1.82) is 0 Å². The van der Waals surface area contributed by atoms with Gasteiger partial charge in [-0.25, -0.2) is 0 Å². The zero-order chi connectivity index (χ0) is 12.3. The standard InChI is InChI=1S/C12H14ClNO3/c13-11-2-1-3-12(10(11)7-16)14-4-5-17-8-9(14)6-15/h1-3,7,9,15H,4-6,8H2. The predicted octanol–water partition coefficient (Wildman–Crippen LogP) is 1.35. The van der Waals surface area contributed by atoms with E-state index >= 15 is 0 Å². The second-order valence-corrected chi connectivity index (χ2v) is 4.30. The Kier molecular flexibility index (Phi) is 3.99. The normalized spacial score (nSPS) is 20.4. The molecular formula is C12H14ClNO3. The Bertz CT molecular complexity index is 411. The number of benzene rings is 1. The van der Waals surface area contributed by atoms with Crippen LogP contribution in [0.4, 0.5) is 5.69 Å². The summed E-state index contributed by atoms with van der Waals surface area (Å²) in [5.41, 5.74) is 1.23. The maximum absolute atomic E-state index is 11.1. The van der Waals surface area contributed by atoms with Gasteiger partial charge in [0.15, 0.2) is 6.29 Å². The number of aldehydes is 1. The van der Waals surface area contributed by atoms with E-state index in [1.54, 1.807) is 12.1 Å². The third kappa shape index (κ3) is 2.44. The molecule has 1 saturated heterocycles. The lowest BCUT2D eigenvalue weighted by Crippen LogP contribution is -2.48. The van der Waals surface area contributed by atoms with Crippen molar-refractivity contribution in [3.05, 3.63) is 28.8 Å². The Morgan fingerprint density at radius 2 is 2.41 bits per heavy atom. The average Bonchev–Trinajstić information content (AvgIpc) is 2.38. The fraction of sp³-hybridized carbons (Fsp3) is 0.417. The summed E-state index contributed by atoms with van der Waals surface area (Å²) in [5.74, 6) is 0. The van der Waals surface area contributed by atoms with Gasteiger partial charge in [0, 0.05) is 12.2 Å². The molecule has 0 bridgehead atoms. The lowest BCUT2D eigenvalue weighted by Gasteiger charge is -2.37. The monoisotopic (exact) mass is 255 g/mol. The number of carbonyl (C=O) groups is 1.